The van der Waals surface area contributed by atoms with Gasteiger partial charge in [0, 0.05) is 0 Å². The van der Waals surface area contributed by atoms with E-state index < -0.39 is 32.7 Å². The van der Waals surface area contributed by atoms with Gasteiger partial charge in [-0.1, -0.05) is 0 Å². The molecule has 0 bridgehead atoms. The molecular formula is C8H17O3PPb. The molecule has 0 amide bonds. The Bertz CT molecular complexity index is 178. The van der Waals surface area contributed by atoms with Crippen LogP contribution < -0.4 is 0 Å². The standard InChI is InChI=1S/C8H19O3P.Pb/c1-2-3-4-5-6-7-8-12(9,10)11;/h2-8H2,1H3,(H2,9,10,11);/q;+2/p-2. The molecular weight excluding hydrogens is 382 g/mol. The molecule has 0 saturated carbocycles. The SMILES string of the molecule is CCCCCCCCP1(=O)[O][Pb][O]1. The molecule has 0 N–H and O–H groups in total. The predicted molar refractivity (Wildman–Crippen MR) is 53.8 cm³/mol. The van der Waals surface area contributed by atoms with Crippen LogP contribution in [0, 0.1) is 0 Å². The summed E-state index contributed by atoms with van der Waals surface area (Å²) in [7, 11) is -2.46. The Hall–Kier alpha value is 1.07. The van der Waals surface area contributed by atoms with Crippen LogP contribution in [0.3, 0.4) is 0 Å². The summed E-state index contributed by atoms with van der Waals surface area (Å²) in [5, 5.41) is 0. The molecule has 1 heterocycles. The van der Waals surface area contributed by atoms with Crippen molar-refractivity contribution < 1.29 is 9.51 Å². The van der Waals surface area contributed by atoms with Crippen molar-refractivity contribution in [1.82, 2.24) is 0 Å². The average molecular weight is 399 g/mol. The van der Waals surface area contributed by atoms with E-state index in [0.717, 1.165) is 6.42 Å². The van der Waals surface area contributed by atoms with Crippen molar-refractivity contribution in [2.75, 3.05) is 6.16 Å². The summed E-state index contributed by atoms with van der Waals surface area (Å²) < 4.78 is 21.5. The third-order valence-electron chi connectivity index (χ3n) is 2.14. The van der Waals surface area contributed by atoms with E-state index in [1.807, 2.05) is 0 Å². The molecule has 3 nitrogen and oxygen atoms in total. The topological polar surface area (TPSA) is 35.5 Å². The molecule has 1 fully saturated rings. The molecule has 1 rings (SSSR count). The summed E-state index contributed by atoms with van der Waals surface area (Å²) in [5.41, 5.74) is 0. The van der Waals surface area contributed by atoms with E-state index in [-0.39, 0.29) is 0 Å². The number of rotatable bonds is 7. The molecule has 2 radical (unpaired) electrons. The second-order valence-electron chi connectivity index (χ2n) is 3.37. The van der Waals surface area contributed by atoms with Crippen molar-refractivity contribution >= 4 is 32.7 Å². The Kier molecular flexibility index (Phi) is 6.11. The van der Waals surface area contributed by atoms with Gasteiger partial charge in [-0.15, -0.1) is 0 Å². The molecule has 0 spiro atoms. The summed E-state index contributed by atoms with van der Waals surface area (Å²) in [6, 6.07) is 0. The second kappa shape index (κ2) is 6.54. The van der Waals surface area contributed by atoms with Gasteiger partial charge in [-0.05, 0) is 0 Å². The first-order valence-electron chi connectivity index (χ1n) is 4.98. The number of hydrogen-bond donors (Lipinski definition) is 0. The molecule has 13 heavy (non-hydrogen) atoms. The Labute approximate surface area is 93.6 Å². The zero-order valence-electron chi connectivity index (χ0n) is 8.12. The Morgan fingerprint density at radius 3 is 2.23 bits per heavy atom. The molecule has 0 aromatic carbocycles. The molecule has 0 aliphatic carbocycles. The second-order valence-corrected chi connectivity index (χ2v) is 10.3. The summed E-state index contributed by atoms with van der Waals surface area (Å²) in [5.74, 6) is 0. The van der Waals surface area contributed by atoms with Gasteiger partial charge in [0.25, 0.3) is 0 Å². The van der Waals surface area contributed by atoms with Gasteiger partial charge in [0.15, 0.2) is 0 Å². The summed E-state index contributed by atoms with van der Waals surface area (Å²) in [6.45, 7) is 2.21. The maximum atomic E-state index is 11.4. The van der Waals surface area contributed by atoms with Crippen molar-refractivity contribution in [2.24, 2.45) is 0 Å². The maximum absolute atomic E-state index is 11.4. The molecule has 5 heteroatoms. The van der Waals surface area contributed by atoms with E-state index in [2.05, 4.69) is 6.92 Å². The van der Waals surface area contributed by atoms with E-state index in [9.17, 15) is 4.57 Å². The Balaban J connectivity index is 1.86. The van der Waals surface area contributed by atoms with Crippen LogP contribution in [-0.2, 0) is 9.51 Å². The molecule has 0 atom stereocenters. The van der Waals surface area contributed by atoms with Crippen LogP contribution in [0.4, 0.5) is 0 Å². The van der Waals surface area contributed by atoms with E-state index in [4.69, 9.17) is 4.95 Å². The molecule has 0 unspecified atom stereocenters. The van der Waals surface area contributed by atoms with Crippen molar-refractivity contribution in [1.29, 1.82) is 0 Å². The van der Waals surface area contributed by atoms with E-state index in [1.165, 1.54) is 32.1 Å². The predicted octanol–water partition coefficient (Wildman–Crippen LogP) is 3.12. The zero-order chi connectivity index (χ0) is 9.57. The Morgan fingerprint density at radius 2 is 1.69 bits per heavy atom. The van der Waals surface area contributed by atoms with Crippen LogP contribution >= 0.6 is 7.60 Å². The van der Waals surface area contributed by atoms with Crippen molar-refractivity contribution in [3.63, 3.8) is 0 Å². The molecule has 1 aliphatic heterocycles. The fraction of sp³-hybridized carbons (Fsp3) is 1.00. The number of hydrogen-bond acceptors (Lipinski definition) is 3. The van der Waals surface area contributed by atoms with Gasteiger partial charge in [0.05, 0.1) is 0 Å². The zero-order valence-corrected chi connectivity index (χ0v) is 12.9. The van der Waals surface area contributed by atoms with Crippen LogP contribution in [0.15, 0.2) is 0 Å². The molecule has 0 aromatic rings. The average Bonchev–Trinajstić information content (AvgIpc) is 2.08. The van der Waals surface area contributed by atoms with Gasteiger partial charge in [0.2, 0.25) is 0 Å². The minimum absolute atomic E-state index is 0.659. The van der Waals surface area contributed by atoms with Crippen LogP contribution in [0.25, 0.3) is 0 Å². The van der Waals surface area contributed by atoms with Crippen LogP contribution in [0.2, 0.25) is 0 Å². The van der Waals surface area contributed by atoms with Gasteiger partial charge in [-0.25, -0.2) is 0 Å². The Morgan fingerprint density at radius 1 is 1.08 bits per heavy atom. The van der Waals surface area contributed by atoms with Gasteiger partial charge in [-0.3, -0.25) is 0 Å². The summed E-state index contributed by atoms with van der Waals surface area (Å²) in [6.07, 6.45) is 8.00. The van der Waals surface area contributed by atoms with Crippen LogP contribution in [-0.4, -0.2) is 31.3 Å². The van der Waals surface area contributed by atoms with E-state index in [1.54, 1.807) is 0 Å². The van der Waals surface area contributed by atoms with Crippen LogP contribution in [0.1, 0.15) is 45.4 Å². The van der Waals surface area contributed by atoms with Crippen molar-refractivity contribution in [3.8, 4) is 0 Å². The third-order valence-corrected chi connectivity index (χ3v) is 11.9. The fourth-order valence-electron chi connectivity index (χ4n) is 1.30. The van der Waals surface area contributed by atoms with Gasteiger partial charge in [-0.2, -0.15) is 0 Å². The first-order chi connectivity index (χ1) is 6.27. The molecule has 76 valence electrons. The minimum atomic E-state index is -2.46. The van der Waals surface area contributed by atoms with Crippen LogP contribution in [0.5, 0.6) is 0 Å². The van der Waals surface area contributed by atoms with Crippen molar-refractivity contribution in [3.05, 3.63) is 0 Å². The van der Waals surface area contributed by atoms with E-state index in [0.29, 0.717) is 6.16 Å². The molecule has 1 saturated heterocycles. The molecule has 1 aliphatic rings. The molecule has 0 aromatic heterocycles. The van der Waals surface area contributed by atoms with Gasteiger partial charge < -0.3 is 0 Å². The van der Waals surface area contributed by atoms with Crippen molar-refractivity contribution in [2.45, 2.75) is 45.4 Å². The quantitative estimate of drug-likeness (QED) is 0.375. The van der Waals surface area contributed by atoms with E-state index >= 15 is 0 Å². The normalized spacial score (nSPS) is 19.8. The van der Waals surface area contributed by atoms with Gasteiger partial charge in [0.1, 0.15) is 0 Å². The summed E-state index contributed by atoms with van der Waals surface area (Å²) in [4.78, 5) is 0. The number of unbranched alkanes of at least 4 members (excludes halogenated alkanes) is 5. The van der Waals surface area contributed by atoms with Gasteiger partial charge >= 0.3 is 93.9 Å². The third kappa shape index (κ3) is 4.91. The summed E-state index contributed by atoms with van der Waals surface area (Å²) >= 11 is -1.23. The first kappa shape index (κ1) is 12.1. The first-order valence-corrected chi connectivity index (χ1v) is 9.88. The monoisotopic (exact) mass is 400 g/mol. The fourth-order valence-corrected chi connectivity index (χ4v) is 7.27.